The average molecular weight is 291 g/mol. The standard InChI is InChI=1S/C17H29N3O/c1-6-20(17(21)16(18)11-13(2)3)12-14-7-9-15(10-8-14)19(4)5/h7-10,13,16H,6,11-12,18H2,1-5H3/t16-/m0/s1. The predicted octanol–water partition coefficient (Wildman–Crippen LogP) is 2.47. The lowest BCUT2D eigenvalue weighted by atomic mass is 10.0. The summed E-state index contributed by atoms with van der Waals surface area (Å²) < 4.78 is 0. The van der Waals surface area contributed by atoms with Gasteiger partial charge in [-0.15, -0.1) is 0 Å². The zero-order chi connectivity index (χ0) is 16.0. The van der Waals surface area contributed by atoms with E-state index >= 15 is 0 Å². The van der Waals surface area contributed by atoms with Gasteiger partial charge in [-0.05, 0) is 37.0 Å². The van der Waals surface area contributed by atoms with Crippen molar-refractivity contribution in [3.05, 3.63) is 29.8 Å². The Hall–Kier alpha value is -1.55. The summed E-state index contributed by atoms with van der Waals surface area (Å²) in [4.78, 5) is 16.3. The van der Waals surface area contributed by atoms with Crippen LogP contribution < -0.4 is 10.6 Å². The van der Waals surface area contributed by atoms with E-state index < -0.39 is 6.04 Å². The van der Waals surface area contributed by atoms with E-state index in [0.29, 0.717) is 19.0 Å². The predicted molar refractivity (Wildman–Crippen MR) is 89.3 cm³/mol. The fourth-order valence-electron chi connectivity index (χ4n) is 2.31. The van der Waals surface area contributed by atoms with Crippen LogP contribution in [0.15, 0.2) is 24.3 Å². The normalized spacial score (nSPS) is 12.3. The summed E-state index contributed by atoms with van der Waals surface area (Å²) in [6.07, 6.45) is 0.731. The number of likely N-dealkylation sites (N-methyl/N-ethyl adjacent to an activating group) is 1. The lowest BCUT2D eigenvalue weighted by molar-refractivity contribution is -0.133. The van der Waals surface area contributed by atoms with Crippen LogP contribution in [0.25, 0.3) is 0 Å². The van der Waals surface area contributed by atoms with Crippen LogP contribution in [0.5, 0.6) is 0 Å². The second-order valence-electron chi connectivity index (χ2n) is 6.15. The molecule has 0 radical (unpaired) electrons. The molecule has 0 spiro atoms. The number of nitrogens with two attached hydrogens (primary N) is 1. The molecule has 1 aromatic rings. The summed E-state index contributed by atoms with van der Waals surface area (Å²) in [5, 5.41) is 0. The van der Waals surface area contributed by atoms with Gasteiger partial charge in [0.2, 0.25) is 5.91 Å². The highest BCUT2D eigenvalue weighted by atomic mass is 16.2. The smallest absolute Gasteiger partial charge is 0.239 e. The van der Waals surface area contributed by atoms with Crippen molar-refractivity contribution in [1.82, 2.24) is 4.90 Å². The topological polar surface area (TPSA) is 49.6 Å². The fourth-order valence-corrected chi connectivity index (χ4v) is 2.31. The minimum absolute atomic E-state index is 0.0443. The highest BCUT2D eigenvalue weighted by molar-refractivity contribution is 5.81. The quantitative estimate of drug-likeness (QED) is 0.839. The molecule has 0 saturated heterocycles. The number of carbonyl (C=O) groups excluding carboxylic acids is 1. The van der Waals surface area contributed by atoms with Gasteiger partial charge in [-0.25, -0.2) is 0 Å². The molecule has 0 unspecified atom stereocenters. The van der Waals surface area contributed by atoms with E-state index in [2.05, 4.69) is 43.0 Å². The van der Waals surface area contributed by atoms with E-state index in [-0.39, 0.29) is 5.91 Å². The Morgan fingerprint density at radius 3 is 2.19 bits per heavy atom. The van der Waals surface area contributed by atoms with Crippen molar-refractivity contribution in [3.8, 4) is 0 Å². The van der Waals surface area contributed by atoms with Gasteiger partial charge in [-0.1, -0.05) is 26.0 Å². The van der Waals surface area contributed by atoms with Crippen LogP contribution in [0.2, 0.25) is 0 Å². The van der Waals surface area contributed by atoms with Crippen molar-refractivity contribution in [2.24, 2.45) is 11.7 Å². The summed E-state index contributed by atoms with van der Waals surface area (Å²) in [5.41, 5.74) is 8.30. The maximum absolute atomic E-state index is 12.4. The first-order valence-electron chi connectivity index (χ1n) is 7.65. The first-order valence-corrected chi connectivity index (χ1v) is 7.65. The number of rotatable bonds is 7. The van der Waals surface area contributed by atoms with Gasteiger partial charge in [0.25, 0.3) is 0 Å². The molecular formula is C17H29N3O. The van der Waals surface area contributed by atoms with Gasteiger partial charge in [-0.2, -0.15) is 0 Å². The number of hydrogen-bond donors (Lipinski definition) is 1. The molecule has 0 saturated carbocycles. The van der Waals surface area contributed by atoms with Crippen LogP contribution in [0.1, 0.15) is 32.8 Å². The van der Waals surface area contributed by atoms with E-state index in [1.54, 1.807) is 0 Å². The molecule has 4 nitrogen and oxygen atoms in total. The van der Waals surface area contributed by atoms with Crippen molar-refractivity contribution >= 4 is 11.6 Å². The van der Waals surface area contributed by atoms with Gasteiger partial charge < -0.3 is 15.5 Å². The van der Waals surface area contributed by atoms with Gasteiger partial charge in [0.15, 0.2) is 0 Å². The van der Waals surface area contributed by atoms with Crippen LogP contribution in [0.3, 0.4) is 0 Å². The number of amides is 1. The maximum Gasteiger partial charge on any atom is 0.239 e. The van der Waals surface area contributed by atoms with Gasteiger partial charge in [-0.3, -0.25) is 4.79 Å². The molecule has 21 heavy (non-hydrogen) atoms. The minimum Gasteiger partial charge on any atom is -0.378 e. The lowest BCUT2D eigenvalue weighted by Crippen LogP contribution is -2.43. The molecule has 1 aromatic carbocycles. The van der Waals surface area contributed by atoms with Crippen molar-refractivity contribution < 1.29 is 4.79 Å². The first kappa shape index (κ1) is 17.5. The van der Waals surface area contributed by atoms with Crippen molar-refractivity contribution in [3.63, 3.8) is 0 Å². The molecule has 0 heterocycles. The molecule has 0 fully saturated rings. The number of anilines is 1. The van der Waals surface area contributed by atoms with Crippen molar-refractivity contribution in [2.75, 3.05) is 25.5 Å². The second kappa shape index (κ2) is 8.03. The highest BCUT2D eigenvalue weighted by Crippen LogP contribution is 2.15. The molecule has 1 amide bonds. The summed E-state index contributed by atoms with van der Waals surface area (Å²) in [7, 11) is 4.03. The third-order valence-electron chi connectivity index (χ3n) is 3.56. The third kappa shape index (κ3) is 5.38. The number of hydrogen-bond acceptors (Lipinski definition) is 3. The van der Waals surface area contributed by atoms with E-state index in [9.17, 15) is 4.79 Å². The van der Waals surface area contributed by atoms with Crippen molar-refractivity contribution in [2.45, 2.75) is 39.8 Å². The molecule has 118 valence electrons. The third-order valence-corrected chi connectivity index (χ3v) is 3.56. The summed E-state index contributed by atoms with van der Waals surface area (Å²) >= 11 is 0. The molecule has 0 aliphatic carbocycles. The lowest BCUT2D eigenvalue weighted by Gasteiger charge is -2.25. The molecule has 2 N–H and O–H groups in total. The molecule has 0 aliphatic heterocycles. The van der Waals surface area contributed by atoms with Crippen LogP contribution in [0, 0.1) is 5.92 Å². The van der Waals surface area contributed by atoms with E-state index in [1.165, 1.54) is 0 Å². The molecular weight excluding hydrogens is 262 g/mol. The Labute approximate surface area is 128 Å². The summed E-state index contributed by atoms with van der Waals surface area (Å²) in [6.45, 7) is 7.47. The van der Waals surface area contributed by atoms with Gasteiger partial charge >= 0.3 is 0 Å². The maximum atomic E-state index is 12.4. The summed E-state index contributed by atoms with van der Waals surface area (Å²) in [6, 6.07) is 7.88. The van der Waals surface area contributed by atoms with Crippen LogP contribution in [0.4, 0.5) is 5.69 Å². The Morgan fingerprint density at radius 1 is 1.19 bits per heavy atom. The van der Waals surface area contributed by atoms with E-state index in [0.717, 1.165) is 17.7 Å². The van der Waals surface area contributed by atoms with Crippen molar-refractivity contribution in [1.29, 1.82) is 0 Å². The number of benzene rings is 1. The van der Waals surface area contributed by atoms with Crippen LogP contribution in [-0.4, -0.2) is 37.5 Å². The highest BCUT2D eigenvalue weighted by Gasteiger charge is 2.20. The SMILES string of the molecule is CCN(Cc1ccc(N(C)C)cc1)C(=O)[C@@H](N)CC(C)C. The Kier molecular flexibility index (Phi) is 6.69. The zero-order valence-electron chi connectivity index (χ0n) is 14.0. The Morgan fingerprint density at radius 2 is 1.76 bits per heavy atom. The zero-order valence-corrected chi connectivity index (χ0v) is 14.0. The number of carbonyl (C=O) groups is 1. The molecule has 1 atom stereocenters. The minimum atomic E-state index is -0.397. The summed E-state index contributed by atoms with van der Waals surface area (Å²) in [5.74, 6) is 0.477. The van der Waals surface area contributed by atoms with Gasteiger partial charge in [0.05, 0.1) is 6.04 Å². The average Bonchev–Trinajstić information content (AvgIpc) is 2.43. The van der Waals surface area contributed by atoms with Gasteiger partial charge in [0.1, 0.15) is 0 Å². The largest absolute Gasteiger partial charge is 0.378 e. The second-order valence-corrected chi connectivity index (χ2v) is 6.15. The van der Waals surface area contributed by atoms with Gasteiger partial charge in [0, 0.05) is 32.9 Å². The molecule has 4 heteroatoms. The van der Waals surface area contributed by atoms with E-state index in [1.807, 2.05) is 25.9 Å². The Balaban J connectivity index is 2.70. The molecule has 0 aromatic heterocycles. The fraction of sp³-hybridized carbons (Fsp3) is 0.588. The first-order chi connectivity index (χ1) is 9.85. The molecule has 0 aliphatic rings. The van der Waals surface area contributed by atoms with Crippen LogP contribution >= 0.6 is 0 Å². The number of nitrogens with zero attached hydrogens (tertiary/aromatic N) is 2. The molecule has 0 bridgehead atoms. The van der Waals surface area contributed by atoms with E-state index in [4.69, 9.17) is 5.73 Å². The monoisotopic (exact) mass is 291 g/mol. The van der Waals surface area contributed by atoms with Crippen LogP contribution in [-0.2, 0) is 11.3 Å². The molecule has 1 rings (SSSR count). The Bertz CT molecular complexity index is 440.